The van der Waals surface area contributed by atoms with Gasteiger partial charge in [0.1, 0.15) is 12.2 Å². The van der Waals surface area contributed by atoms with Gasteiger partial charge < -0.3 is 29.9 Å². The van der Waals surface area contributed by atoms with E-state index in [1.54, 1.807) is 0 Å². The van der Waals surface area contributed by atoms with Crippen LogP contribution >= 0.6 is 0 Å². The van der Waals surface area contributed by atoms with E-state index < -0.39 is 30.9 Å². The minimum Gasteiger partial charge on any atom is -0.408 e. The Morgan fingerprint density at radius 2 is 2.08 bits per heavy atom. The predicted molar refractivity (Wildman–Crippen MR) is 36.1 cm³/mol. The van der Waals surface area contributed by atoms with Gasteiger partial charge in [0.15, 0.2) is 6.10 Å². The zero-order valence-corrected chi connectivity index (χ0v) is 6.53. The zero-order chi connectivity index (χ0) is 10.1. The fourth-order valence-electron chi connectivity index (χ4n) is 0.988. The van der Waals surface area contributed by atoms with Crippen LogP contribution in [-0.4, -0.2) is 57.8 Å². The molecule has 1 saturated heterocycles. The molecule has 4 N–H and O–H groups in total. The van der Waals surface area contributed by atoms with Crippen molar-refractivity contribution in [1.29, 1.82) is 0 Å². The lowest BCUT2D eigenvalue weighted by Crippen LogP contribution is -2.61. The molecule has 0 aromatic heterocycles. The summed E-state index contributed by atoms with van der Waals surface area (Å²) in [5, 5.41) is 36.4. The highest BCUT2D eigenvalue weighted by Gasteiger charge is 2.50. The van der Waals surface area contributed by atoms with E-state index in [1.807, 2.05) is 0 Å². The summed E-state index contributed by atoms with van der Waals surface area (Å²) in [6, 6.07) is 0. The van der Waals surface area contributed by atoms with Gasteiger partial charge in [0.05, 0.1) is 6.61 Å². The Morgan fingerprint density at radius 3 is 2.62 bits per heavy atom. The van der Waals surface area contributed by atoms with Gasteiger partial charge in [-0.3, -0.25) is 4.79 Å². The molecule has 13 heavy (non-hydrogen) atoms. The van der Waals surface area contributed by atoms with Crippen molar-refractivity contribution >= 4 is 6.47 Å². The Kier molecular flexibility index (Phi) is 2.84. The van der Waals surface area contributed by atoms with Crippen molar-refractivity contribution in [2.24, 2.45) is 0 Å². The van der Waals surface area contributed by atoms with Gasteiger partial charge in [0.25, 0.3) is 6.47 Å². The number of aliphatic hydroxyl groups is 4. The van der Waals surface area contributed by atoms with Crippen molar-refractivity contribution < 1.29 is 34.7 Å². The topological polar surface area (TPSA) is 116 Å². The van der Waals surface area contributed by atoms with Crippen molar-refractivity contribution in [1.82, 2.24) is 0 Å². The first-order chi connectivity index (χ1) is 6.01. The molecule has 0 aromatic rings. The van der Waals surface area contributed by atoms with Gasteiger partial charge in [-0.15, -0.1) is 0 Å². The third-order valence-corrected chi connectivity index (χ3v) is 1.77. The van der Waals surface area contributed by atoms with Crippen LogP contribution in [0.15, 0.2) is 0 Å². The van der Waals surface area contributed by atoms with Crippen LogP contribution in [-0.2, 0) is 14.3 Å². The fourth-order valence-corrected chi connectivity index (χ4v) is 0.988. The molecule has 1 fully saturated rings. The first-order valence-electron chi connectivity index (χ1n) is 3.53. The number of carbonyl (C=O) groups is 1. The number of carbonyl (C=O) groups excluding carboxylic acids is 1. The van der Waals surface area contributed by atoms with Crippen LogP contribution in [0, 0.1) is 0 Å². The fraction of sp³-hybridized carbons (Fsp3) is 0.833. The van der Waals surface area contributed by atoms with E-state index in [9.17, 15) is 9.90 Å². The second-order valence-electron chi connectivity index (χ2n) is 2.66. The lowest BCUT2D eigenvalue weighted by molar-refractivity contribution is -0.411. The third kappa shape index (κ3) is 1.79. The number of rotatable bonds is 2. The maximum atomic E-state index is 9.89. The summed E-state index contributed by atoms with van der Waals surface area (Å²) < 4.78 is 8.48. The lowest BCUT2D eigenvalue weighted by atomic mass is 10.0. The van der Waals surface area contributed by atoms with Crippen LogP contribution in [0.1, 0.15) is 0 Å². The number of ether oxygens (including phenoxy) is 2. The SMILES string of the molecule is O=COC1(O)OC[C@@H](O)[C@H](O)[C@H]1O. The molecular weight excluding hydrogens is 184 g/mol. The molecule has 7 heteroatoms. The van der Waals surface area contributed by atoms with Crippen molar-refractivity contribution in [3.8, 4) is 0 Å². The van der Waals surface area contributed by atoms with Crippen molar-refractivity contribution in [3.63, 3.8) is 0 Å². The van der Waals surface area contributed by atoms with E-state index in [-0.39, 0.29) is 6.47 Å². The molecule has 1 unspecified atom stereocenters. The average Bonchev–Trinajstić information content (AvgIpc) is 2.10. The average molecular weight is 194 g/mol. The first-order valence-corrected chi connectivity index (χ1v) is 3.53. The maximum Gasteiger partial charge on any atom is 0.356 e. The van der Waals surface area contributed by atoms with Gasteiger partial charge in [0.2, 0.25) is 0 Å². The van der Waals surface area contributed by atoms with Crippen LogP contribution in [0.4, 0.5) is 0 Å². The molecule has 7 nitrogen and oxygen atoms in total. The first kappa shape index (κ1) is 10.4. The van der Waals surface area contributed by atoms with E-state index in [1.165, 1.54) is 0 Å². The molecular formula is C6H10O7. The normalized spacial score (nSPS) is 45.7. The van der Waals surface area contributed by atoms with E-state index >= 15 is 0 Å². The van der Waals surface area contributed by atoms with Crippen molar-refractivity contribution in [2.45, 2.75) is 24.3 Å². The summed E-state index contributed by atoms with van der Waals surface area (Å²) in [6.07, 6.45) is -4.86. The van der Waals surface area contributed by atoms with Crippen molar-refractivity contribution in [3.05, 3.63) is 0 Å². The zero-order valence-electron chi connectivity index (χ0n) is 6.53. The van der Waals surface area contributed by atoms with Crippen LogP contribution < -0.4 is 0 Å². The Bertz CT molecular complexity index is 195. The monoisotopic (exact) mass is 194 g/mol. The number of hydrogen-bond acceptors (Lipinski definition) is 7. The highest BCUT2D eigenvalue weighted by atomic mass is 16.8. The quantitative estimate of drug-likeness (QED) is 0.272. The Hall–Kier alpha value is -0.730. The van der Waals surface area contributed by atoms with E-state index in [4.69, 9.17) is 15.3 Å². The highest BCUT2D eigenvalue weighted by molar-refractivity contribution is 5.37. The molecule has 4 atom stereocenters. The Labute approximate surface area is 73.1 Å². The second kappa shape index (κ2) is 3.56. The summed E-state index contributed by atoms with van der Waals surface area (Å²) in [5.41, 5.74) is 0. The minimum atomic E-state index is -2.58. The Morgan fingerprint density at radius 1 is 1.46 bits per heavy atom. The number of aliphatic hydroxyl groups excluding tert-OH is 3. The molecule has 0 spiro atoms. The Balaban J connectivity index is 2.72. The highest BCUT2D eigenvalue weighted by Crippen LogP contribution is 2.24. The van der Waals surface area contributed by atoms with Gasteiger partial charge in [-0.2, -0.15) is 0 Å². The summed E-state index contributed by atoms with van der Waals surface area (Å²) >= 11 is 0. The smallest absolute Gasteiger partial charge is 0.356 e. The van der Waals surface area contributed by atoms with Gasteiger partial charge in [-0.1, -0.05) is 0 Å². The molecule has 0 aromatic carbocycles. The largest absolute Gasteiger partial charge is 0.408 e. The lowest BCUT2D eigenvalue weighted by Gasteiger charge is -2.38. The van der Waals surface area contributed by atoms with Crippen LogP contribution in [0.25, 0.3) is 0 Å². The standard InChI is InChI=1S/C6H10O7/c7-2-13-6(11)5(10)4(9)3(8)1-12-6/h2-5,8-11H,1H2/t3-,4+,5-,6?/m1/s1. The van der Waals surface area contributed by atoms with E-state index in [0.717, 1.165) is 0 Å². The summed E-state index contributed by atoms with van der Waals surface area (Å²) in [4.78, 5) is 9.89. The van der Waals surface area contributed by atoms with E-state index in [2.05, 4.69) is 9.47 Å². The summed E-state index contributed by atoms with van der Waals surface area (Å²) in [7, 11) is 0. The third-order valence-electron chi connectivity index (χ3n) is 1.77. The molecule has 0 amide bonds. The predicted octanol–water partition coefficient (Wildman–Crippen LogP) is -3.08. The maximum absolute atomic E-state index is 9.89. The molecule has 0 radical (unpaired) electrons. The molecule has 0 saturated carbocycles. The van der Waals surface area contributed by atoms with E-state index in [0.29, 0.717) is 0 Å². The minimum absolute atomic E-state index is 0.131. The molecule has 1 aliphatic rings. The van der Waals surface area contributed by atoms with Crippen molar-refractivity contribution in [2.75, 3.05) is 6.61 Å². The van der Waals surface area contributed by atoms with Gasteiger partial charge in [0, 0.05) is 0 Å². The van der Waals surface area contributed by atoms with Gasteiger partial charge in [-0.05, 0) is 0 Å². The van der Waals surface area contributed by atoms with Crippen LogP contribution in [0.2, 0.25) is 0 Å². The van der Waals surface area contributed by atoms with Gasteiger partial charge in [-0.25, -0.2) is 0 Å². The summed E-state index contributed by atoms with van der Waals surface area (Å²) in [5.74, 6) is -2.58. The van der Waals surface area contributed by atoms with Gasteiger partial charge >= 0.3 is 5.97 Å². The molecule has 76 valence electrons. The number of hydrogen-bond donors (Lipinski definition) is 4. The molecule has 1 heterocycles. The second-order valence-corrected chi connectivity index (χ2v) is 2.66. The molecule has 1 aliphatic heterocycles. The van der Waals surface area contributed by atoms with Crippen LogP contribution in [0.3, 0.4) is 0 Å². The van der Waals surface area contributed by atoms with Crippen LogP contribution in [0.5, 0.6) is 0 Å². The summed E-state index contributed by atoms with van der Waals surface area (Å²) in [6.45, 7) is -0.573. The molecule has 0 aliphatic carbocycles. The molecule has 0 bridgehead atoms. The molecule has 1 rings (SSSR count).